The Kier molecular flexibility index (Phi) is 16.5. The Balaban J connectivity index is 1.64. The van der Waals surface area contributed by atoms with Gasteiger partial charge in [0.2, 0.25) is 0 Å². The SMILES string of the molecule is CCCCCCCCCCCCCCCCCCC(c1ccc(OC)cc1)c1ccc(OC(C)=O)cc1. The van der Waals surface area contributed by atoms with Gasteiger partial charge in [-0.3, -0.25) is 4.79 Å². The average Bonchev–Trinajstić information content (AvgIpc) is 2.91. The van der Waals surface area contributed by atoms with Gasteiger partial charge in [0.25, 0.3) is 0 Å². The number of carbonyl (C=O) groups excluding carboxylic acids is 1. The molecule has 3 heteroatoms. The number of methoxy groups -OCH3 is 1. The number of esters is 1. The Bertz CT molecular complexity index is 825. The second-order valence-corrected chi connectivity index (χ2v) is 10.6. The van der Waals surface area contributed by atoms with E-state index in [0.29, 0.717) is 11.7 Å². The number of ether oxygens (including phenoxy) is 2. The molecule has 0 bridgehead atoms. The minimum absolute atomic E-state index is 0.285. The van der Waals surface area contributed by atoms with Crippen LogP contribution in [0.5, 0.6) is 11.5 Å². The van der Waals surface area contributed by atoms with E-state index in [4.69, 9.17) is 9.47 Å². The molecule has 0 aliphatic rings. The fraction of sp³-hybridized carbons (Fsp3) is 0.618. The lowest BCUT2D eigenvalue weighted by molar-refractivity contribution is -0.131. The van der Waals surface area contributed by atoms with Gasteiger partial charge in [0.15, 0.2) is 0 Å². The van der Waals surface area contributed by atoms with E-state index in [2.05, 4.69) is 31.2 Å². The summed E-state index contributed by atoms with van der Waals surface area (Å²) < 4.78 is 10.6. The highest BCUT2D eigenvalue weighted by Crippen LogP contribution is 2.32. The van der Waals surface area contributed by atoms with Gasteiger partial charge >= 0.3 is 5.97 Å². The quantitative estimate of drug-likeness (QED) is 0.0955. The number of hydrogen-bond acceptors (Lipinski definition) is 3. The first-order chi connectivity index (χ1) is 18.1. The molecule has 0 radical (unpaired) electrons. The molecule has 0 saturated carbocycles. The minimum atomic E-state index is -0.285. The first-order valence-electron chi connectivity index (χ1n) is 15.1. The molecule has 0 saturated heterocycles. The third-order valence-corrected chi connectivity index (χ3v) is 7.41. The van der Waals surface area contributed by atoms with E-state index in [-0.39, 0.29) is 5.97 Å². The molecule has 37 heavy (non-hydrogen) atoms. The van der Waals surface area contributed by atoms with E-state index in [1.807, 2.05) is 24.3 Å². The smallest absolute Gasteiger partial charge is 0.308 e. The molecule has 0 fully saturated rings. The van der Waals surface area contributed by atoms with Crippen molar-refractivity contribution in [1.29, 1.82) is 0 Å². The van der Waals surface area contributed by atoms with Crippen LogP contribution in [0.25, 0.3) is 0 Å². The summed E-state index contributed by atoms with van der Waals surface area (Å²) in [6, 6.07) is 16.4. The van der Waals surface area contributed by atoms with Gasteiger partial charge in [0, 0.05) is 12.8 Å². The molecule has 0 amide bonds. The van der Waals surface area contributed by atoms with Crippen LogP contribution in [-0.4, -0.2) is 13.1 Å². The van der Waals surface area contributed by atoms with Crippen molar-refractivity contribution in [2.45, 2.75) is 129 Å². The van der Waals surface area contributed by atoms with Crippen molar-refractivity contribution in [2.75, 3.05) is 7.11 Å². The molecule has 0 aliphatic carbocycles. The van der Waals surface area contributed by atoms with Crippen molar-refractivity contribution in [3.05, 3.63) is 59.7 Å². The molecular weight excluding hydrogens is 456 g/mol. The van der Waals surface area contributed by atoms with Crippen LogP contribution in [0, 0.1) is 0 Å². The Morgan fingerprint density at radius 3 is 1.35 bits per heavy atom. The number of rotatable bonds is 21. The van der Waals surface area contributed by atoms with E-state index in [9.17, 15) is 4.79 Å². The first-order valence-corrected chi connectivity index (χ1v) is 15.1. The molecular formula is C34H52O3. The summed E-state index contributed by atoms with van der Waals surface area (Å²) in [4.78, 5) is 11.3. The monoisotopic (exact) mass is 508 g/mol. The van der Waals surface area contributed by atoms with Crippen molar-refractivity contribution in [1.82, 2.24) is 0 Å². The van der Waals surface area contributed by atoms with Crippen molar-refractivity contribution in [3.63, 3.8) is 0 Å². The standard InChI is InChI=1S/C34H52O3/c1-4-5-6-7-8-9-10-11-12-13-14-15-16-17-18-19-20-34(30-21-25-32(36-3)26-22-30)31-23-27-33(28-24-31)37-29(2)35/h21-28,34H,4-20H2,1-3H3. The zero-order valence-electron chi connectivity index (χ0n) is 23.9. The van der Waals surface area contributed by atoms with Crippen molar-refractivity contribution in [3.8, 4) is 11.5 Å². The molecule has 3 nitrogen and oxygen atoms in total. The summed E-state index contributed by atoms with van der Waals surface area (Å²) in [6.45, 7) is 3.72. The van der Waals surface area contributed by atoms with Crippen LogP contribution in [0.15, 0.2) is 48.5 Å². The maximum Gasteiger partial charge on any atom is 0.308 e. The predicted molar refractivity (Wildman–Crippen MR) is 157 cm³/mol. The van der Waals surface area contributed by atoms with Gasteiger partial charge in [-0.2, -0.15) is 0 Å². The highest BCUT2D eigenvalue weighted by atomic mass is 16.5. The highest BCUT2D eigenvalue weighted by Gasteiger charge is 2.15. The highest BCUT2D eigenvalue weighted by molar-refractivity contribution is 5.69. The maximum absolute atomic E-state index is 11.3. The van der Waals surface area contributed by atoms with Crippen molar-refractivity contribution < 1.29 is 14.3 Å². The third kappa shape index (κ3) is 13.7. The summed E-state index contributed by atoms with van der Waals surface area (Å²) in [5.74, 6) is 1.54. The van der Waals surface area contributed by atoms with E-state index in [1.165, 1.54) is 121 Å². The average molecular weight is 509 g/mol. The van der Waals surface area contributed by atoms with Gasteiger partial charge in [-0.15, -0.1) is 0 Å². The molecule has 0 aromatic heterocycles. The molecule has 2 aromatic carbocycles. The fourth-order valence-electron chi connectivity index (χ4n) is 5.19. The molecule has 0 heterocycles. The Morgan fingerprint density at radius 2 is 0.973 bits per heavy atom. The van der Waals surface area contributed by atoms with E-state index in [0.717, 1.165) is 12.2 Å². The molecule has 0 spiro atoms. The minimum Gasteiger partial charge on any atom is -0.497 e. The van der Waals surface area contributed by atoms with Crippen LogP contribution in [0.2, 0.25) is 0 Å². The number of carbonyl (C=O) groups is 1. The lowest BCUT2D eigenvalue weighted by Gasteiger charge is -2.19. The summed E-state index contributed by atoms with van der Waals surface area (Å²) >= 11 is 0. The normalized spacial score (nSPS) is 11.9. The molecule has 206 valence electrons. The van der Waals surface area contributed by atoms with Gasteiger partial charge in [0.1, 0.15) is 11.5 Å². The summed E-state index contributed by atoms with van der Waals surface area (Å²) in [7, 11) is 1.71. The van der Waals surface area contributed by atoms with Crippen molar-refractivity contribution in [2.24, 2.45) is 0 Å². The second kappa shape index (κ2) is 19.8. The Morgan fingerprint density at radius 1 is 0.595 bits per heavy atom. The van der Waals surface area contributed by atoms with Crippen LogP contribution in [-0.2, 0) is 4.79 Å². The molecule has 2 rings (SSSR count). The van der Waals surface area contributed by atoms with Crippen LogP contribution in [0.1, 0.15) is 140 Å². The Labute approximate surface area is 227 Å². The van der Waals surface area contributed by atoms with Gasteiger partial charge < -0.3 is 9.47 Å². The zero-order valence-corrected chi connectivity index (χ0v) is 23.9. The molecule has 0 aliphatic heterocycles. The largest absolute Gasteiger partial charge is 0.497 e. The van der Waals surface area contributed by atoms with Crippen LogP contribution < -0.4 is 9.47 Å². The number of benzene rings is 2. The number of unbranched alkanes of at least 4 members (excludes halogenated alkanes) is 15. The lowest BCUT2D eigenvalue weighted by atomic mass is 9.86. The molecule has 2 aromatic rings. The second-order valence-electron chi connectivity index (χ2n) is 10.6. The summed E-state index contributed by atoms with van der Waals surface area (Å²) in [5.41, 5.74) is 2.57. The maximum atomic E-state index is 11.3. The lowest BCUT2D eigenvalue weighted by Crippen LogP contribution is -2.04. The Hall–Kier alpha value is -2.29. The van der Waals surface area contributed by atoms with E-state index in [1.54, 1.807) is 7.11 Å². The summed E-state index contributed by atoms with van der Waals surface area (Å²) in [6.07, 6.45) is 23.3. The van der Waals surface area contributed by atoms with Gasteiger partial charge in [-0.1, -0.05) is 134 Å². The molecule has 0 N–H and O–H groups in total. The van der Waals surface area contributed by atoms with Crippen LogP contribution in [0.4, 0.5) is 0 Å². The van der Waals surface area contributed by atoms with Gasteiger partial charge in [-0.05, 0) is 41.8 Å². The van der Waals surface area contributed by atoms with Crippen LogP contribution in [0.3, 0.4) is 0 Å². The fourth-order valence-corrected chi connectivity index (χ4v) is 5.19. The third-order valence-electron chi connectivity index (χ3n) is 7.41. The predicted octanol–water partition coefficient (Wildman–Crippen LogP) is 10.4. The van der Waals surface area contributed by atoms with Crippen LogP contribution >= 0.6 is 0 Å². The zero-order chi connectivity index (χ0) is 26.6. The van der Waals surface area contributed by atoms with E-state index < -0.39 is 0 Å². The number of hydrogen-bond donors (Lipinski definition) is 0. The van der Waals surface area contributed by atoms with Gasteiger partial charge in [-0.25, -0.2) is 0 Å². The molecule has 1 atom stereocenters. The van der Waals surface area contributed by atoms with Crippen molar-refractivity contribution >= 4 is 5.97 Å². The molecule has 1 unspecified atom stereocenters. The van der Waals surface area contributed by atoms with E-state index >= 15 is 0 Å². The van der Waals surface area contributed by atoms with Gasteiger partial charge in [0.05, 0.1) is 7.11 Å². The first kappa shape index (κ1) is 30.9. The topological polar surface area (TPSA) is 35.5 Å². The summed E-state index contributed by atoms with van der Waals surface area (Å²) in [5, 5.41) is 0.